The van der Waals surface area contributed by atoms with Crippen molar-refractivity contribution in [3.63, 3.8) is 0 Å². The Bertz CT molecular complexity index is 347. The number of piperazine rings is 1. The fourth-order valence-electron chi connectivity index (χ4n) is 2.68. The highest BCUT2D eigenvalue weighted by Crippen LogP contribution is 2.14. The summed E-state index contributed by atoms with van der Waals surface area (Å²) in [5.41, 5.74) is 1.44. The van der Waals surface area contributed by atoms with Crippen LogP contribution in [0.5, 0.6) is 0 Å². The van der Waals surface area contributed by atoms with Crippen LogP contribution in [0.1, 0.15) is 26.3 Å². The molecule has 1 aromatic carbocycles. The van der Waals surface area contributed by atoms with Gasteiger partial charge in [-0.25, -0.2) is 0 Å². The quantitative estimate of drug-likeness (QED) is 0.878. The average molecular weight is 246 g/mol. The zero-order valence-electron chi connectivity index (χ0n) is 11.9. The van der Waals surface area contributed by atoms with E-state index in [1.807, 2.05) is 0 Å². The molecule has 2 nitrogen and oxygen atoms in total. The van der Waals surface area contributed by atoms with E-state index in [1.165, 1.54) is 18.7 Å². The summed E-state index contributed by atoms with van der Waals surface area (Å²) >= 11 is 0. The van der Waals surface area contributed by atoms with Crippen LogP contribution in [0.25, 0.3) is 0 Å². The van der Waals surface area contributed by atoms with Gasteiger partial charge in [-0.05, 0) is 24.8 Å². The lowest BCUT2D eigenvalue weighted by atomic mass is 9.99. The number of rotatable bonds is 4. The second kappa shape index (κ2) is 6.35. The Hall–Kier alpha value is -0.860. The smallest absolute Gasteiger partial charge is 0.0236 e. The standard InChI is InChI=1S/C16H26N2/c1-13(2)14(3)18-10-9-17-16(12-18)11-15-7-5-4-6-8-15/h4-8,13-14,16-17H,9-12H2,1-3H3. The Morgan fingerprint density at radius 1 is 1.22 bits per heavy atom. The minimum absolute atomic E-state index is 0.599. The maximum atomic E-state index is 3.65. The van der Waals surface area contributed by atoms with E-state index >= 15 is 0 Å². The van der Waals surface area contributed by atoms with Crippen molar-refractivity contribution in [3.8, 4) is 0 Å². The topological polar surface area (TPSA) is 15.3 Å². The molecule has 1 saturated heterocycles. The van der Waals surface area contributed by atoms with Gasteiger partial charge in [0.1, 0.15) is 0 Å². The summed E-state index contributed by atoms with van der Waals surface area (Å²) in [6, 6.07) is 12.1. The fraction of sp³-hybridized carbons (Fsp3) is 0.625. The monoisotopic (exact) mass is 246 g/mol. The molecule has 2 unspecified atom stereocenters. The number of nitrogens with one attached hydrogen (secondary N) is 1. The average Bonchev–Trinajstić information content (AvgIpc) is 2.39. The van der Waals surface area contributed by atoms with E-state index in [9.17, 15) is 0 Å². The first-order chi connectivity index (χ1) is 8.66. The minimum atomic E-state index is 0.599. The molecule has 0 bridgehead atoms. The first-order valence-electron chi connectivity index (χ1n) is 7.18. The van der Waals surface area contributed by atoms with Crippen molar-refractivity contribution in [2.24, 2.45) is 5.92 Å². The van der Waals surface area contributed by atoms with Crippen molar-refractivity contribution in [1.29, 1.82) is 0 Å². The van der Waals surface area contributed by atoms with Gasteiger partial charge >= 0.3 is 0 Å². The Morgan fingerprint density at radius 2 is 1.94 bits per heavy atom. The molecule has 1 aliphatic heterocycles. The molecule has 1 heterocycles. The van der Waals surface area contributed by atoms with Crippen LogP contribution in [0.3, 0.4) is 0 Å². The lowest BCUT2D eigenvalue weighted by molar-refractivity contribution is 0.124. The third kappa shape index (κ3) is 3.56. The van der Waals surface area contributed by atoms with Crippen molar-refractivity contribution >= 4 is 0 Å². The molecule has 0 saturated carbocycles. The summed E-state index contributed by atoms with van der Waals surface area (Å²) in [6.07, 6.45) is 1.14. The Labute approximate surface area is 111 Å². The summed E-state index contributed by atoms with van der Waals surface area (Å²) in [4.78, 5) is 2.63. The maximum Gasteiger partial charge on any atom is 0.0236 e. The number of nitrogens with zero attached hydrogens (tertiary/aromatic N) is 1. The molecule has 1 aromatic rings. The fourth-order valence-corrected chi connectivity index (χ4v) is 2.68. The molecule has 1 aliphatic rings. The van der Waals surface area contributed by atoms with Gasteiger partial charge in [0.05, 0.1) is 0 Å². The number of hydrogen-bond donors (Lipinski definition) is 1. The van der Waals surface area contributed by atoms with Crippen LogP contribution < -0.4 is 5.32 Å². The molecule has 0 aromatic heterocycles. The lowest BCUT2D eigenvalue weighted by Gasteiger charge is -2.39. The van der Waals surface area contributed by atoms with E-state index in [0.717, 1.165) is 18.9 Å². The predicted molar refractivity (Wildman–Crippen MR) is 77.8 cm³/mol. The number of hydrogen-bond acceptors (Lipinski definition) is 2. The summed E-state index contributed by atoms with van der Waals surface area (Å²) in [5.74, 6) is 0.737. The van der Waals surface area contributed by atoms with Gasteiger partial charge in [-0.2, -0.15) is 0 Å². The third-order valence-corrected chi connectivity index (χ3v) is 4.15. The first kappa shape index (κ1) is 13.6. The Morgan fingerprint density at radius 3 is 2.61 bits per heavy atom. The van der Waals surface area contributed by atoms with Gasteiger partial charge in [0.15, 0.2) is 0 Å². The van der Waals surface area contributed by atoms with Gasteiger partial charge in [-0.3, -0.25) is 4.90 Å². The molecular formula is C16H26N2. The van der Waals surface area contributed by atoms with Crippen molar-refractivity contribution in [2.45, 2.75) is 39.3 Å². The second-order valence-electron chi connectivity index (χ2n) is 5.82. The van der Waals surface area contributed by atoms with Gasteiger partial charge in [0, 0.05) is 31.7 Å². The molecule has 2 heteroatoms. The van der Waals surface area contributed by atoms with E-state index < -0.39 is 0 Å². The summed E-state index contributed by atoms with van der Waals surface area (Å²) in [7, 11) is 0. The van der Waals surface area contributed by atoms with Crippen LogP contribution in [0, 0.1) is 5.92 Å². The maximum absolute atomic E-state index is 3.65. The van der Waals surface area contributed by atoms with E-state index in [2.05, 4.69) is 61.3 Å². The van der Waals surface area contributed by atoms with Crippen LogP contribution in [0.4, 0.5) is 0 Å². The molecule has 2 atom stereocenters. The predicted octanol–water partition coefficient (Wildman–Crippen LogP) is 2.55. The van der Waals surface area contributed by atoms with Crippen LogP contribution >= 0.6 is 0 Å². The van der Waals surface area contributed by atoms with Gasteiger partial charge in [-0.15, -0.1) is 0 Å². The minimum Gasteiger partial charge on any atom is -0.311 e. The third-order valence-electron chi connectivity index (χ3n) is 4.15. The van der Waals surface area contributed by atoms with Crippen molar-refractivity contribution in [3.05, 3.63) is 35.9 Å². The van der Waals surface area contributed by atoms with Crippen LogP contribution in [-0.4, -0.2) is 36.6 Å². The van der Waals surface area contributed by atoms with E-state index in [-0.39, 0.29) is 0 Å². The molecule has 0 spiro atoms. The Balaban J connectivity index is 1.91. The lowest BCUT2D eigenvalue weighted by Crippen LogP contribution is -2.55. The molecule has 0 amide bonds. The highest BCUT2D eigenvalue weighted by molar-refractivity contribution is 5.16. The van der Waals surface area contributed by atoms with Crippen molar-refractivity contribution < 1.29 is 0 Å². The highest BCUT2D eigenvalue weighted by Gasteiger charge is 2.24. The molecule has 100 valence electrons. The molecule has 0 radical (unpaired) electrons. The molecule has 0 aliphatic carbocycles. The van der Waals surface area contributed by atoms with Crippen molar-refractivity contribution in [2.75, 3.05) is 19.6 Å². The van der Waals surface area contributed by atoms with Crippen LogP contribution in [0.2, 0.25) is 0 Å². The van der Waals surface area contributed by atoms with Gasteiger partial charge in [-0.1, -0.05) is 44.2 Å². The summed E-state index contributed by atoms with van der Waals surface area (Å²) in [6.45, 7) is 10.5. The first-order valence-corrected chi connectivity index (χ1v) is 7.18. The van der Waals surface area contributed by atoms with Gasteiger partial charge < -0.3 is 5.32 Å². The summed E-state index contributed by atoms with van der Waals surface area (Å²) < 4.78 is 0. The van der Waals surface area contributed by atoms with Gasteiger partial charge in [0.25, 0.3) is 0 Å². The molecule has 18 heavy (non-hydrogen) atoms. The second-order valence-corrected chi connectivity index (χ2v) is 5.82. The zero-order valence-corrected chi connectivity index (χ0v) is 11.9. The SMILES string of the molecule is CC(C)C(C)N1CCNC(Cc2ccccc2)C1. The highest BCUT2D eigenvalue weighted by atomic mass is 15.2. The van der Waals surface area contributed by atoms with Crippen LogP contribution in [0.15, 0.2) is 30.3 Å². The van der Waals surface area contributed by atoms with E-state index in [4.69, 9.17) is 0 Å². The largest absolute Gasteiger partial charge is 0.311 e. The molecule has 1 fully saturated rings. The summed E-state index contributed by atoms with van der Waals surface area (Å²) in [5, 5.41) is 3.65. The van der Waals surface area contributed by atoms with E-state index in [0.29, 0.717) is 12.1 Å². The number of benzene rings is 1. The van der Waals surface area contributed by atoms with Crippen LogP contribution in [-0.2, 0) is 6.42 Å². The zero-order chi connectivity index (χ0) is 13.0. The molecular weight excluding hydrogens is 220 g/mol. The van der Waals surface area contributed by atoms with E-state index in [1.54, 1.807) is 0 Å². The molecule has 2 rings (SSSR count). The normalized spacial score (nSPS) is 23.2. The van der Waals surface area contributed by atoms with Gasteiger partial charge in [0.2, 0.25) is 0 Å². The van der Waals surface area contributed by atoms with Crippen molar-refractivity contribution in [1.82, 2.24) is 10.2 Å². The Kier molecular flexibility index (Phi) is 4.79. The molecule has 1 N–H and O–H groups in total.